The summed E-state index contributed by atoms with van der Waals surface area (Å²) in [4.78, 5) is 23.6. The van der Waals surface area contributed by atoms with Crippen molar-refractivity contribution in [2.45, 2.75) is 20.5 Å². The second-order valence-electron chi connectivity index (χ2n) is 7.40. The number of aryl methyl sites for hydroxylation is 1. The highest BCUT2D eigenvalue weighted by molar-refractivity contribution is 6.04. The van der Waals surface area contributed by atoms with Crippen LogP contribution in [0.4, 0.5) is 11.4 Å². The molecule has 0 aliphatic rings. The zero-order valence-corrected chi connectivity index (χ0v) is 18.2. The van der Waals surface area contributed by atoms with Crippen LogP contribution in [0.2, 0.25) is 0 Å². The van der Waals surface area contributed by atoms with Crippen molar-refractivity contribution in [3.05, 3.63) is 89.8 Å². The molecule has 0 atom stereocenters. The van der Waals surface area contributed by atoms with Gasteiger partial charge in [0.2, 0.25) is 11.8 Å². The maximum atomic E-state index is 12.5. The van der Waals surface area contributed by atoms with Gasteiger partial charge < -0.3 is 19.8 Å². The number of carbonyl (C=O) groups excluding carboxylic acids is 2. The Balaban J connectivity index is 1.35. The quantitative estimate of drug-likeness (QED) is 0.424. The normalized spacial score (nSPS) is 10.5. The highest BCUT2D eigenvalue weighted by atomic mass is 16.5. The van der Waals surface area contributed by atoms with Crippen LogP contribution in [-0.2, 0) is 11.4 Å². The molecule has 1 aromatic heterocycles. The van der Waals surface area contributed by atoms with Crippen LogP contribution in [0.15, 0.2) is 77.2 Å². The van der Waals surface area contributed by atoms with Crippen molar-refractivity contribution in [3.63, 3.8) is 0 Å². The summed E-state index contributed by atoms with van der Waals surface area (Å²) in [5.41, 5.74) is 3.66. The van der Waals surface area contributed by atoms with Gasteiger partial charge in [0.25, 0.3) is 11.8 Å². The summed E-state index contributed by atoms with van der Waals surface area (Å²) in [5, 5.41) is 13.6. The zero-order valence-electron chi connectivity index (χ0n) is 18.2. The number of hydrogen-bond acceptors (Lipinski definition) is 6. The van der Waals surface area contributed by atoms with E-state index in [1.54, 1.807) is 48.5 Å². The molecule has 0 unspecified atom stereocenters. The van der Waals surface area contributed by atoms with Crippen molar-refractivity contribution in [2.24, 2.45) is 0 Å². The number of ether oxygens (including phenoxy) is 1. The van der Waals surface area contributed by atoms with Gasteiger partial charge in [0, 0.05) is 35.5 Å². The molecule has 0 aliphatic heterocycles. The first-order valence-corrected chi connectivity index (χ1v) is 10.3. The summed E-state index contributed by atoms with van der Waals surface area (Å²) >= 11 is 0. The number of nitrogens with one attached hydrogen (secondary N) is 2. The largest absolute Gasteiger partial charge is 0.484 e. The highest BCUT2D eigenvalue weighted by Gasteiger charge is 2.10. The molecule has 4 rings (SSSR count). The van der Waals surface area contributed by atoms with Gasteiger partial charge in [-0.15, -0.1) is 10.2 Å². The Morgan fingerprint density at radius 2 is 1.67 bits per heavy atom. The molecule has 33 heavy (non-hydrogen) atoms. The summed E-state index contributed by atoms with van der Waals surface area (Å²) in [6.07, 6.45) is 0. The van der Waals surface area contributed by atoms with Crippen molar-refractivity contribution in [3.8, 4) is 17.2 Å². The average molecular weight is 442 g/mol. The minimum Gasteiger partial charge on any atom is -0.484 e. The van der Waals surface area contributed by atoms with Crippen LogP contribution in [0, 0.1) is 6.92 Å². The Bertz CT molecular complexity index is 1260. The molecular weight excluding hydrogens is 420 g/mol. The van der Waals surface area contributed by atoms with E-state index in [1.165, 1.54) is 6.92 Å². The molecule has 0 saturated heterocycles. The molecule has 2 N–H and O–H groups in total. The smallest absolute Gasteiger partial charge is 0.255 e. The number of carbonyl (C=O) groups is 2. The SMILES string of the molecule is CC(=O)Nc1ccc(C(=O)Nc2cccc(OCc3nnc(-c4ccc(C)cc4)o3)c2)cc1. The third kappa shape index (κ3) is 5.82. The van der Waals surface area contributed by atoms with Gasteiger partial charge >= 0.3 is 0 Å². The van der Waals surface area contributed by atoms with Crippen LogP contribution in [0.1, 0.15) is 28.7 Å². The summed E-state index contributed by atoms with van der Waals surface area (Å²) in [6.45, 7) is 3.54. The van der Waals surface area contributed by atoms with Gasteiger partial charge in [-0.3, -0.25) is 9.59 Å². The van der Waals surface area contributed by atoms with Crippen LogP contribution in [0.25, 0.3) is 11.5 Å². The van der Waals surface area contributed by atoms with Gasteiger partial charge in [0.1, 0.15) is 5.75 Å². The number of nitrogens with zero attached hydrogens (tertiary/aromatic N) is 2. The van der Waals surface area contributed by atoms with E-state index < -0.39 is 0 Å². The predicted molar refractivity (Wildman–Crippen MR) is 124 cm³/mol. The molecular formula is C25H22N4O4. The van der Waals surface area contributed by atoms with Gasteiger partial charge in [-0.1, -0.05) is 23.8 Å². The van der Waals surface area contributed by atoms with Crippen LogP contribution < -0.4 is 15.4 Å². The van der Waals surface area contributed by atoms with Crippen molar-refractivity contribution < 1.29 is 18.7 Å². The van der Waals surface area contributed by atoms with Crippen molar-refractivity contribution >= 4 is 23.2 Å². The highest BCUT2D eigenvalue weighted by Crippen LogP contribution is 2.22. The van der Waals surface area contributed by atoms with Crippen LogP contribution in [0.3, 0.4) is 0 Å². The molecule has 0 spiro atoms. The summed E-state index contributed by atoms with van der Waals surface area (Å²) < 4.78 is 11.4. The van der Waals surface area contributed by atoms with Crippen LogP contribution >= 0.6 is 0 Å². The maximum Gasteiger partial charge on any atom is 0.255 e. The lowest BCUT2D eigenvalue weighted by Gasteiger charge is -2.09. The van der Waals surface area contributed by atoms with Gasteiger partial charge in [-0.25, -0.2) is 0 Å². The molecule has 1 heterocycles. The first-order valence-electron chi connectivity index (χ1n) is 10.3. The fourth-order valence-corrected chi connectivity index (χ4v) is 3.04. The van der Waals surface area contributed by atoms with E-state index in [1.807, 2.05) is 31.2 Å². The van der Waals surface area contributed by atoms with Crippen molar-refractivity contribution in [1.29, 1.82) is 0 Å². The topological polar surface area (TPSA) is 106 Å². The molecule has 0 saturated carbocycles. The third-order valence-corrected chi connectivity index (χ3v) is 4.69. The van der Waals surface area contributed by atoms with Gasteiger partial charge in [0.05, 0.1) is 0 Å². The van der Waals surface area contributed by atoms with E-state index in [0.29, 0.717) is 34.5 Å². The summed E-state index contributed by atoms with van der Waals surface area (Å²) in [6, 6.07) is 21.4. The van der Waals surface area contributed by atoms with E-state index in [0.717, 1.165) is 11.1 Å². The fourth-order valence-electron chi connectivity index (χ4n) is 3.04. The Kier molecular flexibility index (Phi) is 6.45. The third-order valence-electron chi connectivity index (χ3n) is 4.69. The van der Waals surface area contributed by atoms with E-state index >= 15 is 0 Å². The minimum absolute atomic E-state index is 0.0981. The standard InChI is InChI=1S/C25H22N4O4/c1-16-6-8-19(9-7-16)25-29-28-23(33-25)15-32-22-5-3-4-21(14-22)27-24(31)18-10-12-20(13-11-18)26-17(2)30/h3-14H,15H2,1-2H3,(H,26,30)(H,27,31). The van der Waals surface area contributed by atoms with Crippen molar-refractivity contribution in [2.75, 3.05) is 10.6 Å². The molecule has 0 radical (unpaired) electrons. The first-order chi connectivity index (χ1) is 16.0. The molecule has 0 bridgehead atoms. The monoisotopic (exact) mass is 442 g/mol. The van der Waals surface area contributed by atoms with Gasteiger partial charge in [0.15, 0.2) is 6.61 Å². The zero-order chi connectivity index (χ0) is 23.2. The first kappa shape index (κ1) is 21.8. The summed E-state index contributed by atoms with van der Waals surface area (Å²) in [5.74, 6) is 0.874. The van der Waals surface area contributed by atoms with Crippen LogP contribution in [0.5, 0.6) is 5.75 Å². The summed E-state index contributed by atoms with van der Waals surface area (Å²) in [7, 11) is 0. The molecule has 4 aromatic rings. The Morgan fingerprint density at radius 3 is 2.39 bits per heavy atom. The van der Waals surface area contributed by atoms with E-state index in [2.05, 4.69) is 20.8 Å². The average Bonchev–Trinajstić information content (AvgIpc) is 3.27. The number of rotatable bonds is 7. The number of benzene rings is 3. The molecule has 8 nitrogen and oxygen atoms in total. The number of anilines is 2. The second kappa shape index (κ2) is 9.78. The molecule has 8 heteroatoms. The predicted octanol–water partition coefficient (Wildman–Crippen LogP) is 4.83. The second-order valence-corrected chi connectivity index (χ2v) is 7.40. The number of amides is 2. The lowest BCUT2D eigenvalue weighted by Crippen LogP contribution is -2.12. The van der Waals surface area contributed by atoms with Crippen molar-refractivity contribution in [1.82, 2.24) is 10.2 Å². The van der Waals surface area contributed by atoms with Gasteiger partial charge in [-0.2, -0.15) is 0 Å². The molecule has 3 aromatic carbocycles. The number of hydrogen-bond donors (Lipinski definition) is 2. The van der Waals surface area contributed by atoms with E-state index in [9.17, 15) is 9.59 Å². The van der Waals surface area contributed by atoms with Crippen LogP contribution in [-0.4, -0.2) is 22.0 Å². The Morgan fingerprint density at radius 1 is 0.909 bits per heavy atom. The fraction of sp³-hybridized carbons (Fsp3) is 0.120. The lowest BCUT2D eigenvalue weighted by atomic mass is 10.1. The molecule has 166 valence electrons. The van der Waals surface area contributed by atoms with E-state index in [-0.39, 0.29) is 18.4 Å². The molecule has 2 amide bonds. The number of aromatic nitrogens is 2. The molecule has 0 fully saturated rings. The Labute approximate surface area is 190 Å². The Hall–Kier alpha value is -4.46. The lowest BCUT2D eigenvalue weighted by molar-refractivity contribution is -0.114. The minimum atomic E-state index is -0.277. The van der Waals surface area contributed by atoms with Gasteiger partial charge in [-0.05, 0) is 55.5 Å². The van der Waals surface area contributed by atoms with E-state index in [4.69, 9.17) is 9.15 Å². The maximum absolute atomic E-state index is 12.5. The molecule has 0 aliphatic carbocycles.